The van der Waals surface area contributed by atoms with E-state index in [9.17, 15) is 0 Å². The molecular formula is C16H34N2O2. The predicted molar refractivity (Wildman–Crippen MR) is 86.7 cm³/mol. The first-order chi connectivity index (χ1) is 9.21. The van der Waals surface area contributed by atoms with Crippen LogP contribution in [0.25, 0.3) is 0 Å². The van der Waals surface area contributed by atoms with E-state index in [0.29, 0.717) is 11.3 Å². The predicted octanol–water partition coefficient (Wildman–Crippen LogP) is 3.41. The summed E-state index contributed by atoms with van der Waals surface area (Å²) >= 11 is 0. The lowest BCUT2D eigenvalue weighted by Crippen LogP contribution is -2.18. The molecule has 0 saturated heterocycles. The van der Waals surface area contributed by atoms with Crippen molar-refractivity contribution in [3.63, 3.8) is 0 Å². The van der Waals surface area contributed by atoms with E-state index in [1.54, 1.807) is 6.26 Å². The summed E-state index contributed by atoms with van der Waals surface area (Å²) < 4.78 is 5.35. The summed E-state index contributed by atoms with van der Waals surface area (Å²) in [6, 6.07) is 2.11. The highest BCUT2D eigenvalue weighted by atomic mass is 16.3. The molecule has 1 rings (SSSR count). The van der Waals surface area contributed by atoms with Gasteiger partial charge in [-0.25, -0.2) is 0 Å². The largest absolute Gasteiger partial charge is 0.467 e. The van der Waals surface area contributed by atoms with E-state index in [-0.39, 0.29) is 6.04 Å². The maximum absolute atomic E-state index is 7.00. The molecule has 4 heteroatoms. The molecule has 1 atom stereocenters. The third kappa shape index (κ3) is 10.0. The van der Waals surface area contributed by atoms with Crippen LogP contribution in [0.15, 0.2) is 16.7 Å². The Morgan fingerprint density at radius 2 is 1.70 bits per heavy atom. The van der Waals surface area contributed by atoms with Crippen molar-refractivity contribution < 1.29 is 9.52 Å². The van der Waals surface area contributed by atoms with Crippen LogP contribution in [0.2, 0.25) is 0 Å². The van der Waals surface area contributed by atoms with Gasteiger partial charge in [0.2, 0.25) is 0 Å². The molecule has 20 heavy (non-hydrogen) atoms. The van der Waals surface area contributed by atoms with Crippen molar-refractivity contribution in [2.75, 3.05) is 13.7 Å². The average Bonchev–Trinajstić information content (AvgIpc) is 2.90. The van der Waals surface area contributed by atoms with Crippen LogP contribution in [0.1, 0.15) is 71.2 Å². The van der Waals surface area contributed by atoms with Crippen molar-refractivity contribution in [2.45, 2.75) is 59.9 Å². The second-order valence-corrected chi connectivity index (χ2v) is 6.22. The molecule has 0 aromatic carbocycles. The molecule has 0 radical (unpaired) electrons. The van der Waals surface area contributed by atoms with E-state index in [1.807, 2.05) is 0 Å². The van der Waals surface area contributed by atoms with Gasteiger partial charge in [0, 0.05) is 7.11 Å². The van der Waals surface area contributed by atoms with Crippen molar-refractivity contribution in [2.24, 2.45) is 16.9 Å². The summed E-state index contributed by atoms with van der Waals surface area (Å²) in [5, 5.41) is 7.00. The minimum atomic E-state index is 0.0532. The van der Waals surface area contributed by atoms with Gasteiger partial charge in [0.05, 0.1) is 12.3 Å². The first-order valence-electron chi connectivity index (χ1n) is 7.20. The smallest absolute Gasteiger partial charge is 0.120 e. The molecule has 0 saturated carbocycles. The topological polar surface area (TPSA) is 85.4 Å². The normalized spacial score (nSPS) is 12.2. The van der Waals surface area contributed by atoms with E-state index >= 15 is 0 Å². The van der Waals surface area contributed by atoms with Crippen LogP contribution >= 0.6 is 0 Å². The third-order valence-corrected chi connectivity index (χ3v) is 2.72. The van der Waals surface area contributed by atoms with Crippen LogP contribution in [0, 0.1) is 5.41 Å². The number of rotatable bonds is 3. The summed E-state index contributed by atoms with van der Waals surface area (Å²) in [5.74, 6) is 1.42. The van der Waals surface area contributed by atoms with E-state index in [4.69, 9.17) is 21.0 Å². The van der Waals surface area contributed by atoms with Crippen LogP contribution < -0.4 is 11.5 Å². The molecule has 0 amide bonds. The zero-order valence-corrected chi connectivity index (χ0v) is 14.2. The Kier molecular flexibility index (Phi) is 11.7. The monoisotopic (exact) mass is 286 g/mol. The van der Waals surface area contributed by atoms with E-state index in [0.717, 1.165) is 25.8 Å². The highest BCUT2D eigenvalue weighted by molar-refractivity contribution is 5.18. The molecule has 120 valence electrons. The Labute approximate surface area is 124 Å². The van der Waals surface area contributed by atoms with E-state index in [2.05, 4.69) is 47.6 Å². The highest BCUT2D eigenvalue weighted by Crippen LogP contribution is 2.22. The van der Waals surface area contributed by atoms with Crippen LogP contribution in [-0.2, 0) is 0 Å². The van der Waals surface area contributed by atoms with Crippen LogP contribution in [0.5, 0.6) is 0 Å². The lowest BCUT2D eigenvalue weighted by molar-refractivity contribution is 0.399. The quantitative estimate of drug-likeness (QED) is 0.795. The number of hydrogen-bond donors (Lipinski definition) is 3. The maximum atomic E-state index is 7.00. The molecule has 1 aromatic heterocycles. The molecule has 1 aromatic rings. The Balaban J connectivity index is 0. The highest BCUT2D eigenvalue weighted by Gasteiger charge is 2.10. The van der Waals surface area contributed by atoms with Gasteiger partial charge in [-0.3, -0.25) is 0 Å². The molecule has 5 N–H and O–H groups in total. The molecule has 0 aliphatic carbocycles. The van der Waals surface area contributed by atoms with Crippen molar-refractivity contribution in [1.82, 2.24) is 0 Å². The SMILES string of the molecule is CC(C)(C)CN.CC[C@@H](N)c1cc(C(C)C)co1.CO. The Morgan fingerprint density at radius 1 is 1.25 bits per heavy atom. The molecule has 0 bridgehead atoms. The van der Waals surface area contributed by atoms with Crippen LogP contribution in [0.3, 0.4) is 0 Å². The van der Waals surface area contributed by atoms with Gasteiger partial charge in [-0.2, -0.15) is 0 Å². The lowest BCUT2D eigenvalue weighted by atomic mass is 9.98. The Hall–Kier alpha value is -0.840. The van der Waals surface area contributed by atoms with Crippen molar-refractivity contribution >= 4 is 0 Å². The fourth-order valence-corrected chi connectivity index (χ4v) is 1.07. The molecule has 1 heterocycles. The Morgan fingerprint density at radius 3 is 1.95 bits per heavy atom. The third-order valence-electron chi connectivity index (χ3n) is 2.72. The van der Waals surface area contributed by atoms with Crippen LogP contribution in [-0.4, -0.2) is 18.8 Å². The van der Waals surface area contributed by atoms with Gasteiger partial charge in [-0.1, -0.05) is 41.5 Å². The molecule has 0 aliphatic rings. The van der Waals surface area contributed by atoms with Gasteiger partial charge in [0.1, 0.15) is 5.76 Å². The summed E-state index contributed by atoms with van der Waals surface area (Å²) in [5.41, 5.74) is 12.7. The minimum absolute atomic E-state index is 0.0532. The number of aliphatic hydroxyl groups is 1. The molecule has 0 fully saturated rings. The fraction of sp³-hybridized carbons (Fsp3) is 0.750. The second-order valence-electron chi connectivity index (χ2n) is 6.22. The van der Waals surface area contributed by atoms with Crippen LogP contribution in [0.4, 0.5) is 0 Å². The van der Waals surface area contributed by atoms with Gasteiger partial charge in [-0.05, 0) is 35.9 Å². The van der Waals surface area contributed by atoms with E-state index < -0.39 is 0 Å². The zero-order valence-electron chi connectivity index (χ0n) is 14.2. The van der Waals surface area contributed by atoms with Crippen molar-refractivity contribution in [3.8, 4) is 0 Å². The number of furan rings is 1. The number of aliphatic hydroxyl groups excluding tert-OH is 1. The molecule has 0 spiro atoms. The first-order valence-corrected chi connectivity index (χ1v) is 7.20. The lowest BCUT2D eigenvalue weighted by Gasteiger charge is -2.12. The average molecular weight is 286 g/mol. The van der Waals surface area contributed by atoms with Gasteiger partial charge in [0.15, 0.2) is 0 Å². The van der Waals surface area contributed by atoms with Crippen molar-refractivity contribution in [1.29, 1.82) is 0 Å². The summed E-state index contributed by atoms with van der Waals surface area (Å²) in [4.78, 5) is 0. The summed E-state index contributed by atoms with van der Waals surface area (Å²) in [7, 11) is 1.00. The maximum Gasteiger partial charge on any atom is 0.120 e. The van der Waals surface area contributed by atoms with Gasteiger partial charge in [-0.15, -0.1) is 0 Å². The molecule has 0 aliphatic heterocycles. The van der Waals surface area contributed by atoms with Gasteiger partial charge in [0.25, 0.3) is 0 Å². The molecule has 0 unspecified atom stereocenters. The zero-order chi connectivity index (χ0) is 16.3. The number of nitrogens with two attached hydrogens (primary N) is 2. The summed E-state index contributed by atoms with van der Waals surface area (Å²) in [6.45, 7) is 13.5. The fourth-order valence-electron chi connectivity index (χ4n) is 1.07. The van der Waals surface area contributed by atoms with Gasteiger partial charge < -0.3 is 21.0 Å². The molecular weight excluding hydrogens is 252 g/mol. The summed E-state index contributed by atoms with van der Waals surface area (Å²) in [6.07, 6.45) is 2.72. The molecule has 4 nitrogen and oxygen atoms in total. The first kappa shape index (κ1) is 21.5. The number of hydrogen-bond acceptors (Lipinski definition) is 4. The van der Waals surface area contributed by atoms with E-state index in [1.165, 1.54) is 5.56 Å². The minimum Gasteiger partial charge on any atom is -0.467 e. The van der Waals surface area contributed by atoms with Crippen molar-refractivity contribution in [3.05, 3.63) is 23.7 Å². The van der Waals surface area contributed by atoms with Gasteiger partial charge >= 0.3 is 0 Å². The Bertz CT molecular complexity index is 327. The standard InChI is InChI=1S/C10H17NO.C5H13N.CH4O/c1-4-9(11)10-5-8(6-12-10)7(2)3;1-5(2,3)4-6;1-2/h5-7,9H,4,11H2,1-3H3;4,6H2,1-3H3;2H,1H3/t9-;;/m1../s1. The second kappa shape index (κ2) is 10.9.